The van der Waals surface area contributed by atoms with Crippen molar-refractivity contribution in [3.8, 4) is 11.5 Å². The maximum Gasteiger partial charge on any atom is 0.306 e. The van der Waals surface area contributed by atoms with E-state index in [1.54, 1.807) is 17.7 Å². The van der Waals surface area contributed by atoms with E-state index in [1.165, 1.54) is 95.6 Å². The Bertz CT molecular complexity index is 1830. The van der Waals surface area contributed by atoms with E-state index in [1.807, 2.05) is 12.1 Å². The highest BCUT2D eigenvalue weighted by molar-refractivity contribution is 5.69. The van der Waals surface area contributed by atoms with E-state index in [0.29, 0.717) is 30.7 Å². The lowest BCUT2D eigenvalue weighted by Gasteiger charge is -2.58. The van der Waals surface area contributed by atoms with Crippen LogP contribution in [0.4, 0.5) is 20.2 Å². The molecule has 0 N–H and O–H groups in total. The molecule has 0 bridgehead atoms. The van der Waals surface area contributed by atoms with Crippen LogP contribution >= 0.6 is 0 Å². The summed E-state index contributed by atoms with van der Waals surface area (Å²) in [6.45, 7) is 15.7. The second-order valence-corrected chi connectivity index (χ2v) is 21.7. The number of carbonyl (C=O) groups excluding carboxylic acids is 1. The number of hydrogen-bond acceptors (Lipinski definition) is 6. The number of halogens is 2. The molecule has 0 radical (unpaired) electrons. The SMILES string of the molecule is CCCCCCCCOc1ccc(N=Nc2ccc(OCCCCCCCCCC(=O)O[C@H]3CC[C@@]4(C)C(=CC[C@H]5[C@@H]6CC[C@H]([C@H](C)CCCC(C)C)[C@@]6(C)CC[C@@H]54)C3)c(F)c2F)cc1. The Morgan fingerprint density at radius 2 is 1.42 bits per heavy atom. The van der Waals surface area contributed by atoms with E-state index in [9.17, 15) is 13.6 Å². The minimum atomic E-state index is -1.07. The molecule has 8 heteroatoms. The predicted octanol–water partition coefficient (Wildman–Crippen LogP) is 17.6. The van der Waals surface area contributed by atoms with Crippen molar-refractivity contribution >= 4 is 17.3 Å². The maximum absolute atomic E-state index is 14.8. The van der Waals surface area contributed by atoms with Crippen molar-refractivity contribution in [2.75, 3.05) is 13.2 Å². The van der Waals surface area contributed by atoms with Crippen molar-refractivity contribution in [1.82, 2.24) is 0 Å². The smallest absolute Gasteiger partial charge is 0.306 e. The second-order valence-electron chi connectivity index (χ2n) is 21.7. The van der Waals surface area contributed by atoms with Crippen LogP contribution in [0.25, 0.3) is 0 Å². The first-order valence-electron chi connectivity index (χ1n) is 26.6. The molecule has 2 aromatic carbocycles. The fourth-order valence-electron chi connectivity index (χ4n) is 12.9. The van der Waals surface area contributed by atoms with Crippen molar-refractivity contribution < 1.29 is 27.8 Å². The van der Waals surface area contributed by atoms with Crippen LogP contribution in [0.1, 0.15) is 202 Å². The Hall–Kier alpha value is -3.29. The number of azo groups is 1. The predicted molar refractivity (Wildman–Crippen MR) is 261 cm³/mol. The van der Waals surface area contributed by atoms with Gasteiger partial charge in [-0.05, 0) is 147 Å². The number of rotatable bonds is 27. The molecule has 4 aliphatic carbocycles. The molecule has 362 valence electrons. The monoisotopic (exact) mass is 901 g/mol. The molecular formula is C57H86F2N2O4. The first-order chi connectivity index (χ1) is 31.4. The van der Waals surface area contributed by atoms with Crippen molar-refractivity contribution in [3.63, 3.8) is 0 Å². The standard InChI is InChI=1S/C57H86F2N2O4/c1-7-8-9-10-15-18-38-63-45-27-25-44(26-28-45)60-61-51-32-33-52(55(59)54(51)58)64-39-19-16-13-11-12-14-17-23-53(62)65-46-34-36-56(5)43(40-46)24-29-47-49-31-30-48(42(4)22-20-21-41(2)3)57(49,6)37-35-50(47)56/h24-28,32-33,41-42,46-50H,7-23,29-31,34-40H2,1-6H3/t42-,46+,47+,48-,49+,50+,56+,57-/m1/s1. The van der Waals surface area contributed by atoms with Crippen molar-refractivity contribution in [3.05, 3.63) is 59.7 Å². The van der Waals surface area contributed by atoms with Crippen molar-refractivity contribution in [1.29, 1.82) is 0 Å². The molecule has 0 amide bonds. The van der Waals surface area contributed by atoms with Gasteiger partial charge in [0.15, 0.2) is 11.6 Å². The molecular weight excluding hydrogens is 815 g/mol. The summed E-state index contributed by atoms with van der Waals surface area (Å²) in [6.07, 6.45) is 31.2. The normalized spacial score (nSPS) is 26.7. The first-order valence-corrected chi connectivity index (χ1v) is 26.6. The van der Waals surface area contributed by atoms with Gasteiger partial charge in [-0.25, -0.2) is 4.39 Å². The number of benzene rings is 2. The molecule has 6 nitrogen and oxygen atoms in total. The highest BCUT2D eigenvalue weighted by Crippen LogP contribution is 2.67. The first kappa shape index (κ1) is 51.1. The number of ether oxygens (including phenoxy) is 3. The molecule has 0 spiro atoms. The minimum Gasteiger partial charge on any atom is -0.494 e. The van der Waals surface area contributed by atoms with Crippen LogP contribution < -0.4 is 9.47 Å². The third kappa shape index (κ3) is 13.9. The molecule has 0 unspecified atom stereocenters. The Morgan fingerprint density at radius 1 is 0.723 bits per heavy atom. The van der Waals surface area contributed by atoms with Crippen LogP contribution in [0.2, 0.25) is 0 Å². The average Bonchev–Trinajstić information content (AvgIpc) is 3.65. The number of nitrogens with zero attached hydrogens (tertiary/aromatic N) is 2. The van der Waals surface area contributed by atoms with Gasteiger partial charge < -0.3 is 14.2 Å². The van der Waals surface area contributed by atoms with Crippen LogP contribution in [0, 0.1) is 58.0 Å². The van der Waals surface area contributed by atoms with Gasteiger partial charge in [-0.3, -0.25) is 4.79 Å². The summed E-state index contributed by atoms with van der Waals surface area (Å²) in [5, 5.41) is 8.02. The third-order valence-corrected chi connectivity index (χ3v) is 16.7. The Labute approximate surface area is 392 Å². The fourth-order valence-corrected chi connectivity index (χ4v) is 12.9. The molecule has 65 heavy (non-hydrogen) atoms. The molecule has 0 aliphatic heterocycles. The van der Waals surface area contributed by atoms with Gasteiger partial charge >= 0.3 is 5.97 Å². The lowest BCUT2D eigenvalue weighted by Crippen LogP contribution is -2.51. The highest BCUT2D eigenvalue weighted by atomic mass is 19.2. The number of carbonyl (C=O) groups is 1. The third-order valence-electron chi connectivity index (χ3n) is 16.7. The van der Waals surface area contributed by atoms with Crippen molar-refractivity contribution in [2.45, 2.75) is 208 Å². The van der Waals surface area contributed by atoms with E-state index in [2.05, 4.69) is 57.8 Å². The topological polar surface area (TPSA) is 69.5 Å². The summed E-state index contributed by atoms with van der Waals surface area (Å²) in [4.78, 5) is 13.0. The Morgan fingerprint density at radius 3 is 2.14 bits per heavy atom. The molecule has 0 saturated heterocycles. The molecule has 8 atom stereocenters. The zero-order valence-corrected chi connectivity index (χ0v) is 41.5. The zero-order valence-electron chi connectivity index (χ0n) is 41.5. The van der Waals surface area contributed by atoms with E-state index in [0.717, 1.165) is 112 Å². The average molecular weight is 901 g/mol. The van der Waals surface area contributed by atoms with Gasteiger partial charge in [0.25, 0.3) is 0 Å². The summed E-state index contributed by atoms with van der Waals surface area (Å²) >= 11 is 0. The minimum absolute atomic E-state index is 0.0272. The van der Waals surface area contributed by atoms with Gasteiger partial charge in [0.2, 0.25) is 5.82 Å². The maximum atomic E-state index is 14.8. The number of fused-ring (bicyclic) bond motifs is 5. The van der Waals surface area contributed by atoms with E-state index >= 15 is 0 Å². The van der Waals surface area contributed by atoms with Crippen LogP contribution in [0.5, 0.6) is 11.5 Å². The zero-order chi connectivity index (χ0) is 46.2. The summed E-state index contributed by atoms with van der Waals surface area (Å²) in [5.74, 6) is 3.49. The largest absolute Gasteiger partial charge is 0.494 e. The molecule has 3 fully saturated rings. The van der Waals surface area contributed by atoms with Crippen LogP contribution in [0.3, 0.4) is 0 Å². The lowest BCUT2D eigenvalue weighted by molar-refractivity contribution is -0.151. The summed E-state index contributed by atoms with van der Waals surface area (Å²) in [7, 11) is 0. The molecule has 0 heterocycles. The summed E-state index contributed by atoms with van der Waals surface area (Å²) in [5.41, 5.74) is 2.71. The van der Waals surface area contributed by atoms with Gasteiger partial charge in [0, 0.05) is 12.8 Å². The fraction of sp³-hybridized carbons (Fsp3) is 0.737. The highest BCUT2D eigenvalue weighted by Gasteiger charge is 2.59. The molecule has 6 rings (SSSR count). The lowest BCUT2D eigenvalue weighted by atomic mass is 9.47. The second kappa shape index (κ2) is 25.2. The Kier molecular flexibility index (Phi) is 19.8. The molecule has 4 aliphatic rings. The van der Waals surface area contributed by atoms with Gasteiger partial charge in [0.05, 0.1) is 18.9 Å². The van der Waals surface area contributed by atoms with Gasteiger partial charge in [-0.15, -0.1) is 5.11 Å². The molecule has 3 saturated carbocycles. The summed E-state index contributed by atoms with van der Waals surface area (Å²) < 4.78 is 47.1. The number of hydrogen-bond donors (Lipinski definition) is 0. The summed E-state index contributed by atoms with van der Waals surface area (Å²) in [6, 6.07) is 9.92. The molecule has 0 aromatic heterocycles. The number of unbranched alkanes of at least 4 members (excludes halogenated alkanes) is 11. The van der Waals surface area contributed by atoms with E-state index < -0.39 is 11.6 Å². The van der Waals surface area contributed by atoms with Gasteiger partial charge in [-0.2, -0.15) is 9.50 Å². The van der Waals surface area contributed by atoms with Gasteiger partial charge in [-0.1, -0.05) is 137 Å². The van der Waals surface area contributed by atoms with Crippen LogP contribution in [0.15, 0.2) is 58.3 Å². The van der Waals surface area contributed by atoms with E-state index in [4.69, 9.17) is 14.2 Å². The Balaban J connectivity index is 0.810. The quantitative estimate of drug-likeness (QED) is 0.0388. The number of allylic oxidation sites excluding steroid dienone is 1. The van der Waals surface area contributed by atoms with Crippen LogP contribution in [-0.2, 0) is 9.53 Å². The van der Waals surface area contributed by atoms with Crippen LogP contribution in [-0.4, -0.2) is 25.3 Å². The molecule has 2 aromatic rings. The van der Waals surface area contributed by atoms with E-state index in [-0.39, 0.29) is 28.9 Å². The van der Waals surface area contributed by atoms with Gasteiger partial charge in [0.1, 0.15) is 17.5 Å². The number of esters is 1. The van der Waals surface area contributed by atoms with Crippen molar-refractivity contribution in [2.24, 2.45) is 56.6 Å².